The molecular weight excluding hydrogens is 252 g/mol. The SMILES string of the molecule is Cn1nccc1CCNC(=O)c1cc2ccccc2[nH]1. The molecule has 0 radical (unpaired) electrons. The second-order valence-corrected chi connectivity index (χ2v) is 4.72. The van der Waals surface area contributed by atoms with Crippen LogP contribution in [-0.4, -0.2) is 27.2 Å². The fourth-order valence-electron chi connectivity index (χ4n) is 2.24. The van der Waals surface area contributed by atoms with Crippen molar-refractivity contribution in [3.8, 4) is 0 Å². The molecule has 2 N–H and O–H groups in total. The smallest absolute Gasteiger partial charge is 0.267 e. The molecule has 0 atom stereocenters. The second kappa shape index (κ2) is 5.21. The van der Waals surface area contributed by atoms with E-state index in [1.807, 2.05) is 48.1 Å². The van der Waals surface area contributed by atoms with Crippen molar-refractivity contribution >= 4 is 16.8 Å². The van der Waals surface area contributed by atoms with Gasteiger partial charge in [0, 0.05) is 42.8 Å². The molecule has 0 fully saturated rings. The molecule has 3 aromatic rings. The van der Waals surface area contributed by atoms with Gasteiger partial charge in [-0.1, -0.05) is 18.2 Å². The third kappa shape index (κ3) is 2.42. The minimum atomic E-state index is -0.0802. The third-order valence-electron chi connectivity index (χ3n) is 3.36. The quantitative estimate of drug-likeness (QED) is 0.759. The van der Waals surface area contributed by atoms with E-state index in [1.54, 1.807) is 6.20 Å². The van der Waals surface area contributed by atoms with E-state index in [4.69, 9.17) is 0 Å². The number of aromatic nitrogens is 3. The van der Waals surface area contributed by atoms with Crippen LogP contribution in [-0.2, 0) is 13.5 Å². The number of hydrogen-bond donors (Lipinski definition) is 2. The number of nitrogens with one attached hydrogen (secondary N) is 2. The van der Waals surface area contributed by atoms with Crippen LogP contribution in [0.4, 0.5) is 0 Å². The molecule has 20 heavy (non-hydrogen) atoms. The Kier molecular flexibility index (Phi) is 3.25. The molecule has 0 spiro atoms. The Bertz CT molecular complexity index is 708. The highest BCUT2D eigenvalue weighted by molar-refractivity contribution is 5.97. The fourth-order valence-corrected chi connectivity index (χ4v) is 2.24. The maximum absolute atomic E-state index is 12.1. The normalized spacial score (nSPS) is 10.8. The van der Waals surface area contributed by atoms with E-state index in [0.29, 0.717) is 12.2 Å². The highest BCUT2D eigenvalue weighted by atomic mass is 16.1. The summed E-state index contributed by atoms with van der Waals surface area (Å²) in [6.45, 7) is 0.591. The molecule has 2 heterocycles. The van der Waals surface area contributed by atoms with Gasteiger partial charge in [0.2, 0.25) is 0 Å². The van der Waals surface area contributed by atoms with Crippen molar-refractivity contribution in [1.82, 2.24) is 20.1 Å². The largest absolute Gasteiger partial charge is 0.351 e. The first kappa shape index (κ1) is 12.5. The lowest BCUT2D eigenvalue weighted by Crippen LogP contribution is -2.26. The van der Waals surface area contributed by atoms with Crippen LogP contribution in [0.5, 0.6) is 0 Å². The van der Waals surface area contributed by atoms with E-state index in [2.05, 4.69) is 15.4 Å². The van der Waals surface area contributed by atoms with Gasteiger partial charge in [-0.05, 0) is 18.2 Å². The van der Waals surface area contributed by atoms with Gasteiger partial charge in [-0.3, -0.25) is 9.48 Å². The van der Waals surface area contributed by atoms with E-state index in [1.165, 1.54) is 0 Å². The Labute approximate surface area is 116 Å². The number of rotatable bonds is 4. The summed E-state index contributed by atoms with van der Waals surface area (Å²) < 4.78 is 1.81. The van der Waals surface area contributed by atoms with Gasteiger partial charge in [0.1, 0.15) is 5.69 Å². The van der Waals surface area contributed by atoms with Gasteiger partial charge in [-0.15, -0.1) is 0 Å². The van der Waals surface area contributed by atoms with Gasteiger partial charge >= 0.3 is 0 Å². The second-order valence-electron chi connectivity index (χ2n) is 4.72. The molecule has 0 bridgehead atoms. The van der Waals surface area contributed by atoms with Gasteiger partial charge in [0.25, 0.3) is 5.91 Å². The van der Waals surface area contributed by atoms with E-state index in [9.17, 15) is 4.79 Å². The van der Waals surface area contributed by atoms with Gasteiger partial charge in [0.15, 0.2) is 0 Å². The van der Waals surface area contributed by atoms with Crippen LogP contribution in [0.15, 0.2) is 42.6 Å². The Morgan fingerprint density at radius 3 is 2.95 bits per heavy atom. The summed E-state index contributed by atoms with van der Waals surface area (Å²) in [5.74, 6) is -0.0802. The van der Waals surface area contributed by atoms with Gasteiger partial charge < -0.3 is 10.3 Å². The number of benzene rings is 1. The number of carbonyl (C=O) groups excluding carboxylic acids is 1. The molecule has 1 amide bonds. The van der Waals surface area contributed by atoms with Crippen molar-refractivity contribution in [2.24, 2.45) is 7.05 Å². The summed E-state index contributed by atoms with van der Waals surface area (Å²) in [6, 6.07) is 11.7. The first-order valence-electron chi connectivity index (χ1n) is 6.57. The molecular formula is C15H16N4O. The van der Waals surface area contributed by atoms with Crippen molar-refractivity contribution in [2.75, 3.05) is 6.54 Å². The lowest BCUT2D eigenvalue weighted by atomic mass is 10.2. The zero-order valence-corrected chi connectivity index (χ0v) is 11.3. The summed E-state index contributed by atoms with van der Waals surface area (Å²) in [7, 11) is 1.90. The molecule has 0 aliphatic carbocycles. The standard InChI is InChI=1S/C15H16N4O/c1-19-12(7-9-17-19)6-8-16-15(20)14-10-11-4-2-3-5-13(11)18-14/h2-5,7,9-10,18H,6,8H2,1H3,(H,16,20). The van der Waals surface area contributed by atoms with Crippen molar-refractivity contribution < 1.29 is 4.79 Å². The highest BCUT2D eigenvalue weighted by Crippen LogP contribution is 2.14. The molecule has 1 aromatic carbocycles. The molecule has 0 saturated carbocycles. The fraction of sp³-hybridized carbons (Fsp3) is 0.200. The molecule has 5 nitrogen and oxygen atoms in total. The van der Waals surface area contributed by atoms with Crippen molar-refractivity contribution in [3.05, 3.63) is 54.0 Å². The Hall–Kier alpha value is -2.56. The average Bonchev–Trinajstić information content (AvgIpc) is 3.05. The number of nitrogens with zero attached hydrogens (tertiary/aromatic N) is 2. The number of amides is 1. The van der Waals surface area contributed by atoms with E-state index in [-0.39, 0.29) is 5.91 Å². The van der Waals surface area contributed by atoms with E-state index in [0.717, 1.165) is 23.0 Å². The van der Waals surface area contributed by atoms with E-state index >= 15 is 0 Å². The maximum atomic E-state index is 12.1. The molecule has 0 saturated heterocycles. The minimum absolute atomic E-state index is 0.0802. The number of H-pyrrole nitrogens is 1. The lowest BCUT2D eigenvalue weighted by molar-refractivity contribution is 0.0950. The topological polar surface area (TPSA) is 62.7 Å². The predicted octanol–water partition coefficient (Wildman–Crippen LogP) is 1.87. The molecule has 5 heteroatoms. The number of hydrogen-bond acceptors (Lipinski definition) is 2. The van der Waals surface area contributed by atoms with E-state index < -0.39 is 0 Å². The van der Waals surface area contributed by atoms with Crippen molar-refractivity contribution in [3.63, 3.8) is 0 Å². The van der Waals surface area contributed by atoms with Gasteiger partial charge in [-0.2, -0.15) is 5.10 Å². The molecule has 0 aliphatic rings. The zero-order chi connectivity index (χ0) is 13.9. The molecule has 2 aromatic heterocycles. The Morgan fingerprint density at radius 2 is 2.20 bits per heavy atom. The lowest BCUT2D eigenvalue weighted by Gasteiger charge is -2.04. The van der Waals surface area contributed by atoms with Gasteiger partial charge in [0.05, 0.1) is 0 Å². The van der Waals surface area contributed by atoms with Crippen LogP contribution in [0.25, 0.3) is 10.9 Å². The monoisotopic (exact) mass is 268 g/mol. The average molecular weight is 268 g/mol. The Balaban J connectivity index is 1.63. The maximum Gasteiger partial charge on any atom is 0.267 e. The summed E-state index contributed by atoms with van der Waals surface area (Å²) >= 11 is 0. The molecule has 0 aliphatic heterocycles. The third-order valence-corrected chi connectivity index (χ3v) is 3.36. The number of aromatic amines is 1. The first-order chi connectivity index (χ1) is 9.74. The number of fused-ring (bicyclic) bond motifs is 1. The van der Waals surface area contributed by atoms with Crippen LogP contribution >= 0.6 is 0 Å². The van der Waals surface area contributed by atoms with Crippen LogP contribution in [0.2, 0.25) is 0 Å². The Morgan fingerprint density at radius 1 is 1.35 bits per heavy atom. The van der Waals surface area contributed by atoms with Crippen LogP contribution in [0.1, 0.15) is 16.2 Å². The van der Waals surface area contributed by atoms with Crippen molar-refractivity contribution in [2.45, 2.75) is 6.42 Å². The number of aryl methyl sites for hydroxylation is 1. The molecule has 3 rings (SSSR count). The molecule has 0 unspecified atom stereocenters. The van der Waals surface area contributed by atoms with Crippen LogP contribution < -0.4 is 5.32 Å². The zero-order valence-electron chi connectivity index (χ0n) is 11.3. The predicted molar refractivity (Wildman–Crippen MR) is 77.5 cm³/mol. The van der Waals surface area contributed by atoms with Gasteiger partial charge in [-0.25, -0.2) is 0 Å². The summed E-state index contributed by atoms with van der Waals surface area (Å²) in [5, 5.41) is 8.06. The number of para-hydroxylation sites is 1. The minimum Gasteiger partial charge on any atom is -0.351 e. The van der Waals surface area contributed by atoms with Crippen LogP contribution in [0, 0.1) is 0 Å². The summed E-state index contributed by atoms with van der Waals surface area (Å²) in [6.07, 6.45) is 2.53. The van der Waals surface area contributed by atoms with Crippen molar-refractivity contribution in [1.29, 1.82) is 0 Å². The summed E-state index contributed by atoms with van der Waals surface area (Å²) in [5.41, 5.74) is 2.67. The highest BCUT2D eigenvalue weighted by Gasteiger charge is 2.08. The van der Waals surface area contributed by atoms with Crippen LogP contribution in [0.3, 0.4) is 0 Å². The summed E-state index contributed by atoms with van der Waals surface area (Å²) in [4.78, 5) is 15.2. The molecule has 102 valence electrons. The number of carbonyl (C=O) groups is 1. The first-order valence-corrected chi connectivity index (χ1v) is 6.57.